The number of hydrogen-bond donors (Lipinski definition) is 1. The molecule has 5 heteroatoms. The zero-order chi connectivity index (χ0) is 15.2. The van der Waals surface area contributed by atoms with Crippen LogP contribution in [0.25, 0.3) is 0 Å². The van der Waals surface area contributed by atoms with Gasteiger partial charge in [-0.1, -0.05) is 6.92 Å². The van der Waals surface area contributed by atoms with Gasteiger partial charge >= 0.3 is 0 Å². The minimum absolute atomic E-state index is 0.121. The van der Waals surface area contributed by atoms with Gasteiger partial charge in [-0.25, -0.2) is 4.98 Å². The van der Waals surface area contributed by atoms with Crippen molar-refractivity contribution in [3.63, 3.8) is 0 Å². The zero-order valence-corrected chi connectivity index (χ0v) is 13.0. The van der Waals surface area contributed by atoms with Crippen LogP contribution in [-0.4, -0.2) is 27.2 Å². The second kappa shape index (κ2) is 7.22. The van der Waals surface area contributed by atoms with E-state index in [9.17, 15) is 0 Å². The molecule has 0 spiro atoms. The standard InChI is InChI=1S/C16H24N4O/c1-4-13(17)11-14-15(6-5-12(2)19-14)21-10-7-16-18-8-9-20(16)3/h5-6,8-9,13H,4,7,10-11,17H2,1-3H3. The van der Waals surface area contributed by atoms with Crippen LogP contribution >= 0.6 is 0 Å². The molecular weight excluding hydrogens is 264 g/mol. The lowest BCUT2D eigenvalue weighted by Gasteiger charge is -2.14. The van der Waals surface area contributed by atoms with Crippen LogP contribution in [0.2, 0.25) is 0 Å². The Labute approximate surface area is 126 Å². The lowest BCUT2D eigenvalue weighted by Crippen LogP contribution is -2.22. The van der Waals surface area contributed by atoms with E-state index < -0.39 is 0 Å². The number of rotatable bonds is 7. The maximum absolute atomic E-state index is 6.04. The normalized spacial score (nSPS) is 12.4. The van der Waals surface area contributed by atoms with Gasteiger partial charge in [-0.3, -0.25) is 4.98 Å². The summed E-state index contributed by atoms with van der Waals surface area (Å²) in [6, 6.07) is 4.08. The van der Waals surface area contributed by atoms with E-state index in [1.165, 1.54) is 0 Å². The predicted molar refractivity (Wildman–Crippen MR) is 83.4 cm³/mol. The van der Waals surface area contributed by atoms with E-state index in [1.54, 1.807) is 6.20 Å². The van der Waals surface area contributed by atoms with Crippen LogP contribution in [0.5, 0.6) is 5.75 Å². The topological polar surface area (TPSA) is 66.0 Å². The second-order valence-electron chi connectivity index (χ2n) is 5.32. The quantitative estimate of drug-likeness (QED) is 0.846. The highest BCUT2D eigenvalue weighted by molar-refractivity contribution is 5.30. The number of ether oxygens (including phenoxy) is 1. The molecule has 2 aromatic rings. The second-order valence-corrected chi connectivity index (χ2v) is 5.32. The molecule has 2 N–H and O–H groups in total. The molecule has 2 heterocycles. The molecule has 0 fully saturated rings. The van der Waals surface area contributed by atoms with Crippen LogP contribution in [0.15, 0.2) is 24.5 Å². The molecule has 21 heavy (non-hydrogen) atoms. The highest BCUT2D eigenvalue weighted by Gasteiger charge is 2.10. The molecule has 0 aliphatic heterocycles. The summed E-state index contributed by atoms with van der Waals surface area (Å²) >= 11 is 0. The van der Waals surface area contributed by atoms with E-state index >= 15 is 0 Å². The van der Waals surface area contributed by atoms with Crippen molar-refractivity contribution >= 4 is 0 Å². The van der Waals surface area contributed by atoms with Crippen LogP contribution in [-0.2, 0) is 19.9 Å². The van der Waals surface area contributed by atoms with E-state index in [0.29, 0.717) is 6.61 Å². The number of pyridine rings is 1. The average molecular weight is 288 g/mol. The predicted octanol–water partition coefficient (Wildman–Crippen LogP) is 2.02. The maximum Gasteiger partial charge on any atom is 0.140 e. The fourth-order valence-electron chi connectivity index (χ4n) is 2.16. The van der Waals surface area contributed by atoms with Gasteiger partial charge in [0.15, 0.2) is 0 Å². The van der Waals surface area contributed by atoms with Gasteiger partial charge < -0.3 is 15.0 Å². The van der Waals surface area contributed by atoms with Crippen molar-refractivity contribution < 1.29 is 4.74 Å². The number of nitrogens with two attached hydrogens (primary N) is 1. The van der Waals surface area contributed by atoms with E-state index in [1.807, 2.05) is 36.9 Å². The smallest absolute Gasteiger partial charge is 0.140 e. The third kappa shape index (κ3) is 4.29. The van der Waals surface area contributed by atoms with Crippen LogP contribution in [0.3, 0.4) is 0 Å². The molecule has 2 rings (SSSR count). The molecule has 114 valence electrons. The zero-order valence-electron chi connectivity index (χ0n) is 13.0. The van der Waals surface area contributed by atoms with E-state index in [-0.39, 0.29) is 6.04 Å². The third-order valence-electron chi connectivity index (χ3n) is 3.56. The first-order chi connectivity index (χ1) is 10.1. The van der Waals surface area contributed by atoms with Crippen molar-refractivity contribution in [1.82, 2.24) is 14.5 Å². The van der Waals surface area contributed by atoms with Crippen molar-refractivity contribution in [1.29, 1.82) is 0 Å². The minimum Gasteiger partial charge on any atom is -0.491 e. The minimum atomic E-state index is 0.121. The number of aromatic nitrogens is 3. The molecule has 1 unspecified atom stereocenters. The summed E-state index contributed by atoms with van der Waals surface area (Å²) in [7, 11) is 1.99. The number of nitrogens with zero attached hydrogens (tertiary/aromatic N) is 3. The summed E-state index contributed by atoms with van der Waals surface area (Å²) in [5.74, 6) is 1.85. The Morgan fingerprint density at radius 1 is 1.38 bits per heavy atom. The Balaban J connectivity index is 2.00. The summed E-state index contributed by atoms with van der Waals surface area (Å²) in [6.45, 7) is 4.66. The van der Waals surface area contributed by atoms with Crippen LogP contribution in [0.4, 0.5) is 0 Å². The van der Waals surface area contributed by atoms with Crippen LogP contribution in [0.1, 0.15) is 30.6 Å². The first-order valence-electron chi connectivity index (χ1n) is 7.41. The Morgan fingerprint density at radius 2 is 2.19 bits per heavy atom. The first kappa shape index (κ1) is 15.5. The van der Waals surface area contributed by atoms with Gasteiger partial charge in [-0.2, -0.15) is 0 Å². The maximum atomic E-state index is 6.04. The van der Waals surface area contributed by atoms with Crippen molar-refractivity contribution in [2.75, 3.05) is 6.61 Å². The molecule has 5 nitrogen and oxygen atoms in total. The number of imidazole rings is 1. The lowest BCUT2D eigenvalue weighted by molar-refractivity contribution is 0.311. The molecular formula is C16H24N4O. The Kier molecular flexibility index (Phi) is 5.33. The molecule has 1 atom stereocenters. The molecule has 0 bridgehead atoms. The average Bonchev–Trinajstić information content (AvgIpc) is 2.86. The van der Waals surface area contributed by atoms with Gasteiger partial charge in [0.2, 0.25) is 0 Å². The van der Waals surface area contributed by atoms with Crippen molar-refractivity contribution in [3.05, 3.63) is 41.7 Å². The molecule has 0 amide bonds. The van der Waals surface area contributed by atoms with Gasteiger partial charge in [0.1, 0.15) is 11.6 Å². The van der Waals surface area contributed by atoms with E-state index in [4.69, 9.17) is 10.5 Å². The number of aryl methyl sites for hydroxylation is 2. The van der Waals surface area contributed by atoms with Crippen molar-refractivity contribution in [3.8, 4) is 5.75 Å². The van der Waals surface area contributed by atoms with Gasteiger partial charge in [-0.05, 0) is 25.5 Å². The van der Waals surface area contributed by atoms with Crippen LogP contribution < -0.4 is 10.5 Å². The summed E-state index contributed by atoms with van der Waals surface area (Å²) in [5, 5.41) is 0. The SMILES string of the molecule is CCC(N)Cc1nc(C)ccc1OCCc1nccn1C. The molecule has 0 radical (unpaired) electrons. The Bertz CT molecular complexity index is 579. The monoisotopic (exact) mass is 288 g/mol. The highest BCUT2D eigenvalue weighted by Crippen LogP contribution is 2.19. The molecule has 0 aliphatic rings. The molecule has 0 saturated carbocycles. The lowest BCUT2D eigenvalue weighted by atomic mass is 10.1. The largest absolute Gasteiger partial charge is 0.491 e. The summed E-state index contributed by atoms with van der Waals surface area (Å²) < 4.78 is 7.90. The van der Waals surface area contributed by atoms with Crippen LogP contribution in [0, 0.1) is 6.92 Å². The summed E-state index contributed by atoms with van der Waals surface area (Å²) in [6.07, 6.45) is 6.19. The van der Waals surface area contributed by atoms with Gasteiger partial charge in [0.05, 0.1) is 12.3 Å². The summed E-state index contributed by atoms with van der Waals surface area (Å²) in [5.41, 5.74) is 7.98. The Hall–Kier alpha value is -1.88. The number of hydrogen-bond acceptors (Lipinski definition) is 4. The first-order valence-corrected chi connectivity index (χ1v) is 7.41. The Morgan fingerprint density at radius 3 is 2.86 bits per heavy atom. The van der Waals surface area contributed by atoms with Crippen molar-refractivity contribution in [2.45, 2.75) is 39.2 Å². The summed E-state index contributed by atoms with van der Waals surface area (Å²) in [4.78, 5) is 8.86. The molecule has 0 aromatic carbocycles. The van der Waals surface area contributed by atoms with E-state index in [2.05, 4.69) is 16.9 Å². The molecule has 2 aromatic heterocycles. The van der Waals surface area contributed by atoms with E-state index in [0.717, 1.165) is 42.2 Å². The molecule has 0 aliphatic carbocycles. The highest BCUT2D eigenvalue weighted by atomic mass is 16.5. The molecule has 0 saturated heterocycles. The van der Waals surface area contributed by atoms with Gasteiger partial charge in [-0.15, -0.1) is 0 Å². The third-order valence-corrected chi connectivity index (χ3v) is 3.56. The fourth-order valence-corrected chi connectivity index (χ4v) is 2.16. The van der Waals surface area contributed by atoms with Gasteiger partial charge in [0.25, 0.3) is 0 Å². The van der Waals surface area contributed by atoms with Gasteiger partial charge in [0, 0.05) is 44.0 Å². The fraction of sp³-hybridized carbons (Fsp3) is 0.500. The van der Waals surface area contributed by atoms with Crippen molar-refractivity contribution in [2.24, 2.45) is 12.8 Å².